The molecule has 1 N–H and O–H groups in total. The van der Waals surface area contributed by atoms with Gasteiger partial charge in [0.2, 0.25) is 5.78 Å². The molecule has 0 amide bonds. The second kappa shape index (κ2) is 7.28. The van der Waals surface area contributed by atoms with Crippen molar-refractivity contribution in [3.63, 3.8) is 0 Å². The van der Waals surface area contributed by atoms with Crippen LogP contribution >= 0.6 is 23.2 Å². The lowest BCUT2D eigenvalue weighted by Crippen LogP contribution is -2.25. The number of aromatic amines is 1. The van der Waals surface area contributed by atoms with Gasteiger partial charge in [-0.25, -0.2) is 4.79 Å². The van der Waals surface area contributed by atoms with Crippen LogP contribution in [0.25, 0.3) is 0 Å². The number of ketones is 1. The molecule has 1 aromatic carbocycles. The Labute approximate surface area is 149 Å². The van der Waals surface area contributed by atoms with Gasteiger partial charge in [0.25, 0.3) is 0 Å². The lowest BCUT2D eigenvalue weighted by atomic mass is 10.1. The monoisotopic (exact) mass is 369 g/mol. The molecule has 0 fully saturated rings. The van der Waals surface area contributed by atoms with Crippen LogP contribution in [0.1, 0.15) is 39.0 Å². The zero-order valence-electron chi connectivity index (χ0n) is 13.7. The average molecular weight is 370 g/mol. The van der Waals surface area contributed by atoms with Gasteiger partial charge in [0.05, 0.1) is 23.4 Å². The van der Waals surface area contributed by atoms with Crippen LogP contribution in [-0.4, -0.2) is 30.0 Å². The molecule has 128 valence electrons. The Hall–Kier alpha value is -1.98. The Morgan fingerprint density at radius 3 is 2.46 bits per heavy atom. The first-order valence-electron chi connectivity index (χ1n) is 7.19. The van der Waals surface area contributed by atoms with E-state index in [1.165, 1.54) is 13.2 Å². The second-order valence-corrected chi connectivity index (χ2v) is 6.16. The summed E-state index contributed by atoms with van der Waals surface area (Å²) in [6.07, 6.45) is -0.800. The number of ether oxygens (including phenoxy) is 2. The van der Waals surface area contributed by atoms with Crippen LogP contribution in [0.2, 0.25) is 10.0 Å². The summed E-state index contributed by atoms with van der Waals surface area (Å²) in [5.41, 5.74) is 1.77. The van der Waals surface area contributed by atoms with Crippen molar-refractivity contribution in [2.45, 2.75) is 26.9 Å². The molecular weight excluding hydrogens is 353 g/mol. The van der Waals surface area contributed by atoms with Crippen molar-refractivity contribution < 1.29 is 19.1 Å². The Kier molecular flexibility index (Phi) is 5.57. The number of Topliss-reactive ketones (excluding diaryl/α,β-unsaturated/α-hetero) is 1. The van der Waals surface area contributed by atoms with Crippen molar-refractivity contribution >= 4 is 35.0 Å². The van der Waals surface area contributed by atoms with E-state index >= 15 is 0 Å². The third-order valence-corrected chi connectivity index (χ3v) is 4.17. The largest absolute Gasteiger partial charge is 0.481 e. The fourth-order valence-corrected chi connectivity index (χ4v) is 2.88. The fourth-order valence-electron chi connectivity index (χ4n) is 2.42. The predicted molar refractivity (Wildman–Crippen MR) is 92.5 cm³/mol. The molecule has 5 nitrogen and oxygen atoms in total. The maximum Gasteiger partial charge on any atom is 0.339 e. The maximum absolute atomic E-state index is 12.6. The van der Waals surface area contributed by atoms with Crippen LogP contribution in [0, 0.1) is 13.8 Å². The number of rotatable bonds is 5. The normalized spacial score (nSPS) is 11.9. The summed E-state index contributed by atoms with van der Waals surface area (Å²) in [4.78, 5) is 27.4. The number of carbonyl (C=O) groups excluding carboxylic acids is 2. The number of nitrogens with one attached hydrogen (secondary N) is 1. The van der Waals surface area contributed by atoms with E-state index in [1.807, 2.05) is 0 Å². The molecule has 0 spiro atoms. The number of benzene rings is 1. The molecule has 0 saturated carbocycles. The third-order valence-electron chi connectivity index (χ3n) is 3.64. The molecule has 1 aromatic heterocycles. The van der Waals surface area contributed by atoms with Crippen molar-refractivity contribution in [2.75, 3.05) is 7.11 Å². The number of esters is 1. The topological polar surface area (TPSA) is 68.4 Å². The smallest absolute Gasteiger partial charge is 0.339 e. The minimum atomic E-state index is -0.800. The minimum absolute atomic E-state index is 0.295. The van der Waals surface area contributed by atoms with E-state index in [9.17, 15) is 9.59 Å². The number of hydrogen-bond acceptors (Lipinski definition) is 4. The van der Waals surface area contributed by atoms with Crippen LogP contribution in [0.4, 0.5) is 0 Å². The van der Waals surface area contributed by atoms with Crippen LogP contribution in [0.15, 0.2) is 18.2 Å². The van der Waals surface area contributed by atoms with Crippen molar-refractivity contribution in [3.05, 3.63) is 50.8 Å². The number of halogens is 2. The highest BCUT2D eigenvalue weighted by Gasteiger charge is 2.26. The van der Waals surface area contributed by atoms with E-state index in [2.05, 4.69) is 4.98 Å². The molecular formula is C17H17Cl2NO4. The predicted octanol–water partition coefficient (Wildman–Crippen LogP) is 4.38. The van der Waals surface area contributed by atoms with Crippen LogP contribution in [0.3, 0.4) is 0 Å². The highest BCUT2D eigenvalue weighted by Crippen LogP contribution is 2.29. The number of aromatic nitrogens is 1. The summed E-state index contributed by atoms with van der Waals surface area (Å²) in [6, 6.07) is 4.76. The first-order valence-corrected chi connectivity index (χ1v) is 7.95. The van der Waals surface area contributed by atoms with E-state index in [0.717, 1.165) is 0 Å². The Balaban J connectivity index is 2.27. The SMILES string of the molecule is COC(=O)c1c(C)[nH]c(C(=O)[C@@H](C)Oc2ccc(Cl)cc2Cl)c1C. The van der Waals surface area contributed by atoms with Gasteiger partial charge >= 0.3 is 5.97 Å². The summed E-state index contributed by atoms with van der Waals surface area (Å²) < 4.78 is 10.4. The molecule has 0 aliphatic heterocycles. The zero-order chi connectivity index (χ0) is 18.0. The molecule has 24 heavy (non-hydrogen) atoms. The van der Waals surface area contributed by atoms with Gasteiger partial charge in [0, 0.05) is 10.7 Å². The van der Waals surface area contributed by atoms with Gasteiger partial charge in [-0.3, -0.25) is 4.79 Å². The fraction of sp³-hybridized carbons (Fsp3) is 0.294. The Morgan fingerprint density at radius 2 is 1.88 bits per heavy atom. The van der Waals surface area contributed by atoms with Crippen molar-refractivity contribution in [1.29, 1.82) is 0 Å². The Morgan fingerprint density at radius 1 is 1.21 bits per heavy atom. The summed E-state index contributed by atoms with van der Waals surface area (Å²) in [5, 5.41) is 0.793. The minimum Gasteiger partial charge on any atom is -0.481 e. The number of carbonyl (C=O) groups is 2. The van der Waals surface area contributed by atoms with Gasteiger partial charge in [-0.05, 0) is 44.5 Å². The van der Waals surface area contributed by atoms with Crippen molar-refractivity contribution in [3.8, 4) is 5.75 Å². The molecule has 1 atom stereocenters. The lowest BCUT2D eigenvalue weighted by molar-refractivity contribution is 0.0599. The highest BCUT2D eigenvalue weighted by atomic mass is 35.5. The summed E-state index contributed by atoms with van der Waals surface area (Å²) in [6.45, 7) is 5.00. The molecule has 1 heterocycles. The number of hydrogen-bond donors (Lipinski definition) is 1. The molecule has 0 radical (unpaired) electrons. The first-order chi connectivity index (χ1) is 11.3. The first kappa shape index (κ1) is 18.4. The maximum atomic E-state index is 12.6. The summed E-state index contributed by atoms with van der Waals surface area (Å²) >= 11 is 11.9. The van der Waals surface area contributed by atoms with Gasteiger partial charge in [0.15, 0.2) is 6.10 Å². The number of methoxy groups -OCH3 is 1. The second-order valence-electron chi connectivity index (χ2n) is 5.32. The van der Waals surface area contributed by atoms with E-state index in [4.69, 9.17) is 32.7 Å². The summed E-state index contributed by atoms with van der Waals surface area (Å²) in [7, 11) is 1.30. The highest BCUT2D eigenvalue weighted by molar-refractivity contribution is 6.35. The zero-order valence-corrected chi connectivity index (χ0v) is 15.2. The van der Waals surface area contributed by atoms with Crippen LogP contribution in [-0.2, 0) is 4.74 Å². The van der Waals surface area contributed by atoms with Gasteiger partial charge in [-0.2, -0.15) is 0 Å². The van der Waals surface area contributed by atoms with Crippen LogP contribution < -0.4 is 4.74 Å². The van der Waals surface area contributed by atoms with Gasteiger partial charge in [0.1, 0.15) is 5.75 Å². The average Bonchev–Trinajstić information content (AvgIpc) is 2.83. The van der Waals surface area contributed by atoms with Crippen molar-refractivity contribution in [1.82, 2.24) is 4.98 Å². The number of H-pyrrole nitrogens is 1. The third kappa shape index (κ3) is 3.57. The molecule has 2 rings (SSSR count). The van der Waals surface area contributed by atoms with E-state index in [1.54, 1.807) is 32.9 Å². The summed E-state index contributed by atoms with van der Waals surface area (Å²) in [5.74, 6) is -0.428. The molecule has 0 saturated heterocycles. The molecule has 0 aliphatic rings. The molecule has 2 aromatic rings. The Bertz CT molecular complexity index is 798. The van der Waals surface area contributed by atoms with E-state index in [-0.39, 0.29) is 5.78 Å². The van der Waals surface area contributed by atoms with Crippen molar-refractivity contribution in [2.24, 2.45) is 0 Å². The molecule has 0 unspecified atom stereocenters. The molecule has 7 heteroatoms. The molecule has 0 aliphatic carbocycles. The van der Waals surface area contributed by atoms with E-state index < -0.39 is 12.1 Å². The van der Waals surface area contributed by atoms with Gasteiger partial charge in [-0.1, -0.05) is 23.2 Å². The van der Waals surface area contributed by atoms with Gasteiger partial charge in [-0.15, -0.1) is 0 Å². The quantitative estimate of drug-likeness (QED) is 0.627. The lowest BCUT2D eigenvalue weighted by Gasteiger charge is -2.14. The van der Waals surface area contributed by atoms with E-state index in [0.29, 0.717) is 38.3 Å². The standard InChI is InChI=1S/C17H17Cl2NO4/c1-8-14(17(22)23-4)9(2)20-15(8)16(21)10(3)24-13-6-5-11(18)7-12(13)19/h5-7,10,20H,1-4H3/t10-/m1/s1. The molecule has 0 bridgehead atoms. The van der Waals surface area contributed by atoms with Crippen LogP contribution in [0.5, 0.6) is 5.75 Å². The number of aryl methyl sites for hydroxylation is 1. The van der Waals surface area contributed by atoms with Gasteiger partial charge < -0.3 is 14.5 Å².